The number of benzene rings is 1. The van der Waals surface area contributed by atoms with Gasteiger partial charge in [-0.1, -0.05) is 12.1 Å². The topological polar surface area (TPSA) is 65.1 Å². The lowest BCUT2D eigenvalue weighted by Gasteiger charge is -2.36. The third-order valence-electron chi connectivity index (χ3n) is 7.09. The van der Waals surface area contributed by atoms with E-state index >= 15 is 0 Å². The molecule has 3 heterocycles. The van der Waals surface area contributed by atoms with Crippen molar-refractivity contribution in [1.82, 2.24) is 20.0 Å². The van der Waals surface area contributed by atoms with Gasteiger partial charge in [0.15, 0.2) is 0 Å². The number of carbonyl (C=O) groups excluding carboxylic acids is 2. The Balaban J connectivity index is 1.34. The van der Waals surface area contributed by atoms with E-state index in [1.165, 1.54) is 12.1 Å². The number of likely N-dealkylation sites (tertiary alicyclic amines) is 2. The van der Waals surface area contributed by atoms with Gasteiger partial charge in [-0.05, 0) is 43.4 Å². The van der Waals surface area contributed by atoms with E-state index in [1.807, 2.05) is 9.80 Å². The maximum atomic E-state index is 13.0. The minimum Gasteiger partial charge on any atom is -0.379 e. The molecule has 3 amide bonds. The van der Waals surface area contributed by atoms with Crippen LogP contribution in [0.1, 0.15) is 42.9 Å². The summed E-state index contributed by atoms with van der Waals surface area (Å²) in [6.45, 7) is 5.48. The Bertz CT molecular complexity index is 829. The summed E-state index contributed by atoms with van der Waals surface area (Å²) in [4.78, 5) is 31.4. The lowest BCUT2D eigenvalue weighted by atomic mass is 9.95. The quantitative estimate of drug-likeness (QED) is 0.701. The smallest absolute Gasteiger partial charge is 0.379 e. The molecule has 3 aliphatic rings. The van der Waals surface area contributed by atoms with Gasteiger partial charge in [0, 0.05) is 51.7 Å². The maximum Gasteiger partial charge on any atom is 0.416 e. The number of amides is 3. The zero-order valence-electron chi connectivity index (χ0n) is 19.4. The number of urea groups is 1. The molecule has 3 fully saturated rings. The average Bonchev–Trinajstić information content (AvgIpc) is 3.39. The first-order valence-electron chi connectivity index (χ1n) is 12.1. The number of morpholine rings is 1. The lowest BCUT2D eigenvalue weighted by Crippen LogP contribution is -2.49. The standard InChI is InChI=1S/C24H33F3N4O3/c25-24(26,27)20-5-3-18(4-6-20)21(29-13-15-34-16-14-29)17-28-22(32)19-7-11-31(12-8-19)23(33)30-9-1-2-10-30/h3-6,19,21H,1-2,7-17H2,(H,28,32). The van der Waals surface area contributed by atoms with Gasteiger partial charge in [-0.15, -0.1) is 0 Å². The van der Waals surface area contributed by atoms with Gasteiger partial charge in [0.2, 0.25) is 5.91 Å². The summed E-state index contributed by atoms with van der Waals surface area (Å²) in [6.07, 6.45) is -1.05. The van der Waals surface area contributed by atoms with Crippen molar-refractivity contribution in [1.29, 1.82) is 0 Å². The van der Waals surface area contributed by atoms with Crippen LogP contribution in [0.4, 0.5) is 18.0 Å². The number of rotatable bonds is 5. The number of ether oxygens (including phenoxy) is 1. The summed E-state index contributed by atoms with van der Waals surface area (Å²) in [5.41, 5.74) is 0.0532. The first-order chi connectivity index (χ1) is 16.3. The van der Waals surface area contributed by atoms with Crippen molar-refractivity contribution < 1.29 is 27.5 Å². The van der Waals surface area contributed by atoms with E-state index in [4.69, 9.17) is 4.74 Å². The first-order valence-corrected chi connectivity index (χ1v) is 12.1. The van der Waals surface area contributed by atoms with Crippen LogP contribution in [-0.2, 0) is 15.7 Å². The number of hydrogen-bond acceptors (Lipinski definition) is 4. The summed E-state index contributed by atoms with van der Waals surface area (Å²) in [5, 5.41) is 3.03. The zero-order valence-corrected chi connectivity index (χ0v) is 19.4. The molecule has 0 saturated carbocycles. The Kier molecular flexibility index (Phi) is 7.98. The Morgan fingerprint density at radius 1 is 0.941 bits per heavy atom. The van der Waals surface area contributed by atoms with Crippen molar-refractivity contribution >= 4 is 11.9 Å². The summed E-state index contributed by atoms with van der Waals surface area (Å²) in [5.74, 6) is -0.223. The minimum atomic E-state index is -4.38. The van der Waals surface area contributed by atoms with Crippen molar-refractivity contribution in [3.8, 4) is 0 Å². The van der Waals surface area contributed by atoms with Crippen LogP contribution in [0.25, 0.3) is 0 Å². The van der Waals surface area contributed by atoms with Gasteiger partial charge in [-0.2, -0.15) is 13.2 Å². The van der Waals surface area contributed by atoms with Gasteiger partial charge < -0.3 is 19.9 Å². The number of halogens is 3. The highest BCUT2D eigenvalue weighted by atomic mass is 19.4. The Morgan fingerprint density at radius 3 is 2.12 bits per heavy atom. The third-order valence-corrected chi connectivity index (χ3v) is 7.09. The molecule has 0 aromatic heterocycles. The van der Waals surface area contributed by atoms with E-state index in [0.29, 0.717) is 58.8 Å². The number of piperidine rings is 1. The Hall–Kier alpha value is -2.33. The SMILES string of the molecule is O=C(NCC(c1ccc(C(F)(F)F)cc1)N1CCOCC1)C1CCN(C(=O)N2CCCC2)CC1. The van der Waals surface area contributed by atoms with Crippen LogP contribution < -0.4 is 5.32 Å². The molecule has 4 rings (SSSR count). The molecule has 1 aromatic rings. The van der Waals surface area contributed by atoms with Crippen molar-refractivity contribution in [2.24, 2.45) is 5.92 Å². The summed E-state index contributed by atoms with van der Waals surface area (Å²) < 4.78 is 44.4. The second-order valence-corrected chi connectivity index (χ2v) is 9.27. The fourth-order valence-corrected chi connectivity index (χ4v) is 5.02. The van der Waals surface area contributed by atoms with Crippen LogP contribution in [-0.4, -0.2) is 85.7 Å². The number of carbonyl (C=O) groups is 2. The van der Waals surface area contributed by atoms with E-state index in [2.05, 4.69) is 10.2 Å². The Labute approximate surface area is 198 Å². The van der Waals surface area contributed by atoms with Crippen LogP contribution in [0.15, 0.2) is 24.3 Å². The van der Waals surface area contributed by atoms with Gasteiger partial charge in [0.05, 0.1) is 24.8 Å². The molecule has 7 nitrogen and oxygen atoms in total. The summed E-state index contributed by atoms with van der Waals surface area (Å²) in [6, 6.07) is 5.03. The monoisotopic (exact) mass is 482 g/mol. The molecule has 1 atom stereocenters. The highest BCUT2D eigenvalue weighted by Crippen LogP contribution is 2.31. The molecule has 3 saturated heterocycles. The highest BCUT2D eigenvalue weighted by molar-refractivity contribution is 5.79. The molecule has 0 radical (unpaired) electrons. The largest absolute Gasteiger partial charge is 0.416 e. The minimum absolute atomic E-state index is 0.0570. The number of alkyl halides is 3. The normalized spacial score (nSPS) is 21.5. The molecule has 34 heavy (non-hydrogen) atoms. The van der Waals surface area contributed by atoms with Gasteiger partial charge >= 0.3 is 12.2 Å². The molecule has 1 N–H and O–H groups in total. The number of nitrogens with zero attached hydrogens (tertiary/aromatic N) is 3. The molecular formula is C24H33F3N4O3. The molecule has 0 spiro atoms. The molecule has 188 valence electrons. The van der Waals surface area contributed by atoms with E-state index in [0.717, 1.165) is 43.6 Å². The van der Waals surface area contributed by atoms with Crippen molar-refractivity contribution in [3.63, 3.8) is 0 Å². The maximum absolute atomic E-state index is 13.0. The molecular weight excluding hydrogens is 449 g/mol. The van der Waals surface area contributed by atoms with Gasteiger partial charge in [-0.25, -0.2) is 4.79 Å². The van der Waals surface area contributed by atoms with E-state index in [1.54, 1.807) is 0 Å². The van der Waals surface area contributed by atoms with Gasteiger partial charge in [0.25, 0.3) is 0 Å². The van der Waals surface area contributed by atoms with Crippen molar-refractivity contribution in [2.45, 2.75) is 37.9 Å². The third kappa shape index (κ3) is 6.02. The van der Waals surface area contributed by atoms with Crippen molar-refractivity contribution in [3.05, 3.63) is 35.4 Å². The van der Waals surface area contributed by atoms with Gasteiger partial charge in [0.1, 0.15) is 0 Å². The first kappa shape index (κ1) is 24.8. The summed E-state index contributed by atoms with van der Waals surface area (Å²) >= 11 is 0. The van der Waals surface area contributed by atoms with Crippen LogP contribution in [0.3, 0.4) is 0 Å². The molecule has 3 aliphatic heterocycles. The molecule has 0 bridgehead atoms. The second-order valence-electron chi connectivity index (χ2n) is 9.27. The average molecular weight is 483 g/mol. The predicted octanol–water partition coefficient (Wildman–Crippen LogP) is 3.12. The summed E-state index contributed by atoms with van der Waals surface area (Å²) in [7, 11) is 0. The van der Waals surface area contributed by atoms with Crippen molar-refractivity contribution in [2.75, 3.05) is 59.0 Å². The fourth-order valence-electron chi connectivity index (χ4n) is 5.02. The van der Waals surface area contributed by atoms with E-state index in [-0.39, 0.29) is 23.9 Å². The molecule has 1 aromatic carbocycles. The molecule has 1 unspecified atom stereocenters. The number of nitrogens with one attached hydrogen (secondary N) is 1. The van der Waals surface area contributed by atoms with E-state index in [9.17, 15) is 22.8 Å². The van der Waals surface area contributed by atoms with Crippen LogP contribution in [0.5, 0.6) is 0 Å². The molecule has 10 heteroatoms. The number of hydrogen-bond donors (Lipinski definition) is 1. The van der Waals surface area contributed by atoms with Gasteiger partial charge in [-0.3, -0.25) is 9.69 Å². The van der Waals surface area contributed by atoms with Crippen LogP contribution in [0, 0.1) is 5.92 Å². The fraction of sp³-hybridized carbons (Fsp3) is 0.667. The van der Waals surface area contributed by atoms with Crippen LogP contribution >= 0.6 is 0 Å². The molecule has 0 aliphatic carbocycles. The predicted molar refractivity (Wildman–Crippen MR) is 120 cm³/mol. The highest BCUT2D eigenvalue weighted by Gasteiger charge is 2.33. The zero-order chi connectivity index (χ0) is 24.1. The second kappa shape index (κ2) is 10.9. The lowest BCUT2D eigenvalue weighted by molar-refractivity contribution is -0.137. The Morgan fingerprint density at radius 2 is 1.53 bits per heavy atom. The van der Waals surface area contributed by atoms with E-state index < -0.39 is 11.7 Å². The van der Waals surface area contributed by atoms with Crippen LogP contribution in [0.2, 0.25) is 0 Å².